The normalized spacial score (nSPS) is 23.4. The lowest BCUT2D eigenvalue weighted by molar-refractivity contribution is 0.0979. The lowest BCUT2D eigenvalue weighted by Crippen LogP contribution is -2.27. The molecule has 1 N–H and O–H groups in total. The summed E-state index contributed by atoms with van der Waals surface area (Å²) in [7, 11) is 0. The summed E-state index contributed by atoms with van der Waals surface area (Å²) in [5.74, 6) is 0.732. The molecule has 0 spiro atoms. The van der Waals surface area contributed by atoms with Crippen molar-refractivity contribution < 1.29 is 4.74 Å². The number of ether oxygens (including phenoxy) is 1. The van der Waals surface area contributed by atoms with Crippen LogP contribution in [0.2, 0.25) is 0 Å². The second-order valence-electron chi connectivity index (χ2n) is 6.59. The summed E-state index contributed by atoms with van der Waals surface area (Å²) in [6.45, 7) is 2.13. The highest BCUT2D eigenvalue weighted by molar-refractivity contribution is 9.10. The van der Waals surface area contributed by atoms with Crippen molar-refractivity contribution in [2.75, 3.05) is 13.2 Å². The summed E-state index contributed by atoms with van der Waals surface area (Å²) < 4.78 is 6.95. The Morgan fingerprint density at radius 3 is 2.67 bits per heavy atom. The minimum absolute atomic E-state index is 0.526. The van der Waals surface area contributed by atoms with Crippen LogP contribution in [0.25, 0.3) is 0 Å². The van der Waals surface area contributed by atoms with Crippen molar-refractivity contribution in [2.24, 2.45) is 5.92 Å². The van der Waals surface area contributed by atoms with E-state index in [9.17, 15) is 0 Å². The molecule has 1 aliphatic carbocycles. The van der Waals surface area contributed by atoms with Gasteiger partial charge in [-0.25, -0.2) is 0 Å². The highest BCUT2D eigenvalue weighted by atomic mass is 79.9. The zero-order valence-electron chi connectivity index (χ0n) is 12.7. The van der Waals surface area contributed by atoms with Crippen molar-refractivity contribution in [2.45, 2.75) is 57.1 Å². The molecule has 0 radical (unpaired) electrons. The molecule has 2 nitrogen and oxygen atoms in total. The van der Waals surface area contributed by atoms with Crippen LogP contribution < -0.4 is 5.32 Å². The minimum atomic E-state index is 0.526. The molecule has 1 saturated heterocycles. The Bertz CT molecular complexity index is 423. The van der Waals surface area contributed by atoms with Crippen LogP contribution in [0.4, 0.5) is 0 Å². The van der Waals surface area contributed by atoms with Crippen molar-refractivity contribution in [3.8, 4) is 0 Å². The van der Waals surface area contributed by atoms with Crippen LogP contribution in [0.1, 0.15) is 44.1 Å². The monoisotopic (exact) mass is 351 g/mol. The van der Waals surface area contributed by atoms with Gasteiger partial charge in [0, 0.05) is 17.1 Å². The zero-order valence-corrected chi connectivity index (χ0v) is 14.3. The maximum absolute atomic E-state index is 5.78. The molecule has 1 saturated carbocycles. The summed E-state index contributed by atoms with van der Waals surface area (Å²) in [5.41, 5.74) is 1.45. The van der Waals surface area contributed by atoms with Gasteiger partial charge in [-0.15, -0.1) is 0 Å². The molecule has 1 aromatic carbocycles. The zero-order chi connectivity index (χ0) is 14.5. The standard InChI is InChI=1S/C18H26BrNO/c19-16-6-3-14(4-7-16)12-15(13-20-17-8-9-17)5-10-18-2-1-11-21-18/h3-4,6-7,15,17-18,20H,1-2,5,8-13H2. The Morgan fingerprint density at radius 1 is 1.19 bits per heavy atom. The van der Waals surface area contributed by atoms with E-state index in [1.807, 2.05) is 0 Å². The molecule has 2 aliphatic rings. The molecule has 2 unspecified atom stereocenters. The van der Waals surface area contributed by atoms with Crippen LogP contribution >= 0.6 is 15.9 Å². The van der Waals surface area contributed by atoms with E-state index < -0.39 is 0 Å². The molecule has 116 valence electrons. The molecule has 0 bridgehead atoms. The van der Waals surface area contributed by atoms with E-state index in [2.05, 4.69) is 45.5 Å². The average molecular weight is 352 g/mol. The summed E-state index contributed by atoms with van der Waals surface area (Å²) in [6, 6.07) is 9.61. The maximum atomic E-state index is 5.78. The van der Waals surface area contributed by atoms with Gasteiger partial charge in [-0.1, -0.05) is 28.1 Å². The second-order valence-corrected chi connectivity index (χ2v) is 7.51. The first kappa shape index (κ1) is 15.5. The number of hydrogen-bond acceptors (Lipinski definition) is 2. The number of benzene rings is 1. The predicted molar refractivity (Wildman–Crippen MR) is 90.6 cm³/mol. The lowest BCUT2D eigenvalue weighted by atomic mass is 9.93. The maximum Gasteiger partial charge on any atom is 0.0576 e. The number of nitrogens with one attached hydrogen (secondary N) is 1. The third kappa shape index (κ3) is 5.39. The fourth-order valence-corrected chi connectivity index (χ4v) is 3.41. The van der Waals surface area contributed by atoms with Crippen LogP contribution in [0.5, 0.6) is 0 Å². The molecule has 1 aliphatic heterocycles. The third-order valence-electron chi connectivity index (χ3n) is 4.63. The van der Waals surface area contributed by atoms with Gasteiger partial charge >= 0.3 is 0 Å². The van der Waals surface area contributed by atoms with Gasteiger partial charge in [0.1, 0.15) is 0 Å². The molecule has 2 fully saturated rings. The van der Waals surface area contributed by atoms with Gasteiger partial charge in [0.25, 0.3) is 0 Å². The Labute approximate surface area is 136 Å². The smallest absolute Gasteiger partial charge is 0.0576 e. The first-order valence-corrected chi connectivity index (χ1v) is 9.18. The Balaban J connectivity index is 1.50. The van der Waals surface area contributed by atoms with E-state index in [-0.39, 0.29) is 0 Å². The van der Waals surface area contributed by atoms with E-state index in [1.165, 1.54) is 55.0 Å². The van der Waals surface area contributed by atoms with Gasteiger partial charge in [-0.05, 0) is 75.1 Å². The lowest BCUT2D eigenvalue weighted by Gasteiger charge is -2.20. The minimum Gasteiger partial charge on any atom is -0.378 e. The molecule has 2 atom stereocenters. The van der Waals surface area contributed by atoms with E-state index in [0.29, 0.717) is 6.10 Å². The number of rotatable bonds is 8. The van der Waals surface area contributed by atoms with Crippen molar-refractivity contribution in [3.63, 3.8) is 0 Å². The Kier molecular flexibility index (Phi) is 5.73. The fourth-order valence-electron chi connectivity index (χ4n) is 3.14. The van der Waals surface area contributed by atoms with Crippen molar-refractivity contribution in [1.82, 2.24) is 5.32 Å². The van der Waals surface area contributed by atoms with E-state index >= 15 is 0 Å². The SMILES string of the molecule is Brc1ccc(CC(CCC2CCCO2)CNC2CC2)cc1. The van der Waals surface area contributed by atoms with E-state index in [0.717, 1.165) is 25.1 Å². The number of halogens is 1. The van der Waals surface area contributed by atoms with Gasteiger partial charge in [-0.2, -0.15) is 0 Å². The predicted octanol–water partition coefficient (Wildman–Crippen LogP) is 4.32. The van der Waals surface area contributed by atoms with Crippen LogP contribution in [0, 0.1) is 5.92 Å². The largest absolute Gasteiger partial charge is 0.378 e. The highest BCUT2D eigenvalue weighted by Gasteiger charge is 2.23. The van der Waals surface area contributed by atoms with E-state index in [4.69, 9.17) is 4.74 Å². The second kappa shape index (κ2) is 7.75. The van der Waals surface area contributed by atoms with Crippen molar-refractivity contribution in [3.05, 3.63) is 34.3 Å². The van der Waals surface area contributed by atoms with Gasteiger partial charge in [0.2, 0.25) is 0 Å². The average Bonchev–Trinajstić information content (AvgIpc) is 3.18. The highest BCUT2D eigenvalue weighted by Crippen LogP contribution is 2.24. The van der Waals surface area contributed by atoms with Crippen LogP contribution in [-0.4, -0.2) is 25.3 Å². The quantitative estimate of drug-likeness (QED) is 0.752. The first-order chi connectivity index (χ1) is 10.3. The first-order valence-electron chi connectivity index (χ1n) is 8.39. The molecular formula is C18H26BrNO. The van der Waals surface area contributed by atoms with Crippen LogP contribution in [0.3, 0.4) is 0 Å². The van der Waals surface area contributed by atoms with Crippen molar-refractivity contribution >= 4 is 15.9 Å². The molecule has 3 rings (SSSR count). The molecule has 0 aromatic heterocycles. The molecule has 1 aromatic rings. The summed E-state index contributed by atoms with van der Waals surface area (Å²) >= 11 is 3.52. The Morgan fingerprint density at radius 2 is 2.00 bits per heavy atom. The summed E-state index contributed by atoms with van der Waals surface area (Å²) in [5, 5.41) is 3.71. The van der Waals surface area contributed by atoms with Gasteiger partial charge in [0.15, 0.2) is 0 Å². The molecule has 3 heteroatoms. The van der Waals surface area contributed by atoms with Crippen LogP contribution in [-0.2, 0) is 11.2 Å². The summed E-state index contributed by atoms with van der Waals surface area (Å²) in [6.07, 6.45) is 9.48. The van der Waals surface area contributed by atoms with Gasteiger partial charge < -0.3 is 10.1 Å². The van der Waals surface area contributed by atoms with Crippen LogP contribution in [0.15, 0.2) is 28.7 Å². The summed E-state index contributed by atoms with van der Waals surface area (Å²) in [4.78, 5) is 0. The number of hydrogen-bond donors (Lipinski definition) is 1. The third-order valence-corrected chi connectivity index (χ3v) is 5.16. The Hall–Kier alpha value is -0.380. The van der Waals surface area contributed by atoms with Gasteiger partial charge in [0.05, 0.1) is 6.10 Å². The molecule has 21 heavy (non-hydrogen) atoms. The van der Waals surface area contributed by atoms with E-state index in [1.54, 1.807) is 0 Å². The molecular weight excluding hydrogens is 326 g/mol. The molecule has 0 amide bonds. The van der Waals surface area contributed by atoms with Gasteiger partial charge in [-0.3, -0.25) is 0 Å². The molecule has 1 heterocycles. The fraction of sp³-hybridized carbons (Fsp3) is 0.667. The topological polar surface area (TPSA) is 21.3 Å². The van der Waals surface area contributed by atoms with Crippen molar-refractivity contribution in [1.29, 1.82) is 0 Å².